The van der Waals surface area contributed by atoms with Crippen LogP contribution in [0.3, 0.4) is 0 Å². The first kappa shape index (κ1) is 14.2. The molecule has 0 spiro atoms. The molecule has 106 valence electrons. The molecule has 0 atom stereocenters. The first-order valence-electron chi connectivity index (χ1n) is 6.53. The molecule has 6 heteroatoms. The summed E-state index contributed by atoms with van der Waals surface area (Å²) in [5, 5.41) is 0. The number of anilines is 2. The zero-order chi connectivity index (χ0) is 14.2. The third kappa shape index (κ3) is 3.05. The van der Waals surface area contributed by atoms with Gasteiger partial charge in [0.1, 0.15) is 17.5 Å². The first-order valence-corrected chi connectivity index (χ1v) is 8.02. The molecule has 19 heavy (non-hydrogen) atoms. The van der Waals surface area contributed by atoms with E-state index in [-0.39, 0.29) is 5.41 Å². The van der Waals surface area contributed by atoms with Gasteiger partial charge in [-0.15, -0.1) is 0 Å². The van der Waals surface area contributed by atoms with E-state index in [0.717, 1.165) is 30.3 Å². The van der Waals surface area contributed by atoms with Crippen molar-refractivity contribution in [3.63, 3.8) is 0 Å². The van der Waals surface area contributed by atoms with Crippen LogP contribution in [0, 0.1) is 6.92 Å². The minimum absolute atomic E-state index is 0.130. The Labute approximate surface area is 117 Å². The van der Waals surface area contributed by atoms with Gasteiger partial charge in [-0.2, -0.15) is 0 Å². The number of rotatable bonds is 1. The SMILES string of the molecule is Cc1c(N)nc(C(C)(C)C)nc1N1CCS(=O)CC1. The van der Waals surface area contributed by atoms with E-state index in [4.69, 9.17) is 5.73 Å². The summed E-state index contributed by atoms with van der Waals surface area (Å²) in [4.78, 5) is 11.3. The average Bonchev–Trinajstić information content (AvgIpc) is 2.32. The normalized spacial score (nSPS) is 17.8. The lowest BCUT2D eigenvalue weighted by Crippen LogP contribution is -2.39. The van der Waals surface area contributed by atoms with Gasteiger partial charge in [0.25, 0.3) is 0 Å². The Bertz CT molecular complexity index is 500. The molecule has 0 bridgehead atoms. The van der Waals surface area contributed by atoms with Crippen molar-refractivity contribution < 1.29 is 4.21 Å². The predicted octanol–water partition coefficient (Wildman–Crippen LogP) is 1.23. The maximum absolute atomic E-state index is 11.4. The minimum Gasteiger partial charge on any atom is -0.383 e. The third-order valence-electron chi connectivity index (χ3n) is 3.31. The summed E-state index contributed by atoms with van der Waals surface area (Å²) in [6.45, 7) is 9.72. The molecular weight excluding hydrogens is 260 g/mol. The highest BCUT2D eigenvalue weighted by atomic mass is 32.2. The smallest absolute Gasteiger partial charge is 0.138 e. The maximum atomic E-state index is 11.4. The van der Waals surface area contributed by atoms with Crippen LogP contribution in [0.15, 0.2) is 0 Å². The fraction of sp³-hybridized carbons (Fsp3) is 0.692. The quantitative estimate of drug-likeness (QED) is 0.839. The highest BCUT2D eigenvalue weighted by molar-refractivity contribution is 7.85. The Hall–Kier alpha value is -1.17. The molecule has 0 unspecified atom stereocenters. The maximum Gasteiger partial charge on any atom is 0.138 e. The van der Waals surface area contributed by atoms with Crippen molar-refractivity contribution in [3.8, 4) is 0 Å². The molecule has 1 aromatic rings. The Balaban J connectivity index is 2.39. The van der Waals surface area contributed by atoms with Crippen molar-refractivity contribution in [2.45, 2.75) is 33.1 Å². The monoisotopic (exact) mass is 282 g/mol. The van der Waals surface area contributed by atoms with Gasteiger partial charge in [-0.25, -0.2) is 9.97 Å². The lowest BCUT2D eigenvalue weighted by molar-refractivity contribution is 0.544. The van der Waals surface area contributed by atoms with E-state index >= 15 is 0 Å². The van der Waals surface area contributed by atoms with Gasteiger partial charge in [0.2, 0.25) is 0 Å². The van der Waals surface area contributed by atoms with Crippen molar-refractivity contribution >= 4 is 22.4 Å². The Morgan fingerprint density at radius 2 is 1.79 bits per heavy atom. The van der Waals surface area contributed by atoms with E-state index in [1.54, 1.807) is 0 Å². The van der Waals surface area contributed by atoms with Gasteiger partial charge >= 0.3 is 0 Å². The lowest BCUT2D eigenvalue weighted by Gasteiger charge is -2.30. The molecule has 0 aliphatic carbocycles. The van der Waals surface area contributed by atoms with Gasteiger partial charge in [-0.05, 0) is 6.92 Å². The molecule has 0 amide bonds. The Morgan fingerprint density at radius 3 is 2.32 bits per heavy atom. The number of hydrogen-bond donors (Lipinski definition) is 1. The van der Waals surface area contributed by atoms with Gasteiger partial charge in [0.05, 0.1) is 0 Å². The molecule has 5 nitrogen and oxygen atoms in total. The zero-order valence-electron chi connectivity index (χ0n) is 12.1. The summed E-state index contributed by atoms with van der Waals surface area (Å²) in [7, 11) is -0.685. The molecule has 0 saturated carbocycles. The van der Waals surface area contributed by atoms with Gasteiger partial charge in [0.15, 0.2) is 0 Å². The minimum atomic E-state index is -0.685. The van der Waals surface area contributed by atoms with Gasteiger partial charge in [0, 0.05) is 46.4 Å². The second kappa shape index (κ2) is 5.07. The molecule has 1 aliphatic heterocycles. The van der Waals surface area contributed by atoms with Crippen molar-refractivity contribution in [3.05, 3.63) is 11.4 Å². The molecule has 1 aromatic heterocycles. The summed E-state index contributed by atoms with van der Waals surface area (Å²) in [5.74, 6) is 3.61. The number of nitrogens with two attached hydrogens (primary N) is 1. The van der Waals surface area contributed by atoms with Crippen LogP contribution in [0.1, 0.15) is 32.2 Å². The highest BCUT2D eigenvalue weighted by Gasteiger charge is 2.24. The standard InChI is InChI=1S/C13H22N4OS/c1-9-10(14)15-12(13(2,3)4)16-11(9)17-5-7-19(18)8-6-17/h5-8H2,1-4H3,(H2,14,15,16). The molecular formula is C13H22N4OS. The van der Waals surface area contributed by atoms with E-state index < -0.39 is 10.8 Å². The van der Waals surface area contributed by atoms with Crippen LogP contribution in [-0.2, 0) is 16.2 Å². The molecule has 0 aromatic carbocycles. The van der Waals surface area contributed by atoms with E-state index in [2.05, 4.69) is 35.6 Å². The zero-order valence-corrected chi connectivity index (χ0v) is 12.9. The molecule has 2 N–H and O–H groups in total. The summed E-state index contributed by atoms with van der Waals surface area (Å²) in [6.07, 6.45) is 0. The fourth-order valence-electron chi connectivity index (χ4n) is 2.01. The summed E-state index contributed by atoms with van der Waals surface area (Å²) < 4.78 is 11.4. The molecule has 1 aliphatic rings. The summed E-state index contributed by atoms with van der Waals surface area (Å²) in [5.41, 5.74) is 6.80. The molecule has 0 radical (unpaired) electrons. The average molecular weight is 282 g/mol. The van der Waals surface area contributed by atoms with Crippen LogP contribution in [0.25, 0.3) is 0 Å². The molecule has 2 heterocycles. The van der Waals surface area contributed by atoms with E-state index in [1.807, 2.05) is 6.92 Å². The summed E-state index contributed by atoms with van der Waals surface area (Å²) in [6, 6.07) is 0. The third-order valence-corrected chi connectivity index (χ3v) is 4.58. The lowest BCUT2D eigenvalue weighted by atomic mass is 9.95. The Kier molecular flexibility index (Phi) is 3.80. The Morgan fingerprint density at radius 1 is 1.21 bits per heavy atom. The van der Waals surface area contributed by atoms with Crippen molar-refractivity contribution in [1.82, 2.24) is 9.97 Å². The fourth-order valence-corrected chi connectivity index (χ4v) is 3.07. The number of nitrogen functional groups attached to an aromatic ring is 1. The number of nitrogens with zero attached hydrogens (tertiary/aromatic N) is 3. The molecule has 1 saturated heterocycles. The van der Waals surface area contributed by atoms with Crippen LogP contribution in [-0.4, -0.2) is 38.8 Å². The van der Waals surface area contributed by atoms with Crippen molar-refractivity contribution in [1.29, 1.82) is 0 Å². The van der Waals surface area contributed by atoms with E-state index in [0.29, 0.717) is 17.3 Å². The van der Waals surface area contributed by atoms with Crippen LogP contribution < -0.4 is 10.6 Å². The highest BCUT2D eigenvalue weighted by Crippen LogP contribution is 2.27. The topological polar surface area (TPSA) is 72.1 Å². The molecule has 1 fully saturated rings. The van der Waals surface area contributed by atoms with Gasteiger partial charge in [-0.3, -0.25) is 4.21 Å². The second-order valence-electron chi connectivity index (χ2n) is 5.97. The van der Waals surface area contributed by atoms with Crippen molar-refractivity contribution in [2.24, 2.45) is 0 Å². The summed E-state index contributed by atoms with van der Waals surface area (Å²) >= 11 is 0. The van der Waals surface area contributed by atoms with Gasteiger partial charge < -0.3 is 10.6 Å². The number of aromatic nitrogens is 2. The first-order chi connectivity index (χ1) is 8.79. The van der Waals surface area contributed by atoms with Crippen LogP contribution in [0.2, 0.25) is 0 Å². The van der Waals surface area contributed by atoms with Crippen LogP contribution >= 0.6 is 0 Å². The van der Waals surface area contributed by atoms with Crippen molar-refractivity contribution in [2.75, 3.05) is 35.2 Å². The van der Waals surface area contributed by atoms with Gasteiger partial charge in [-0.1, -0.05) is 20.8 Å². The van der Waals surface area contributed by atoms with Crippen LogP contribution in [0.4, 0.5) is 11.6 Å². The van der Waals surface area contributed by atoms with E-state index in [9.17, 15) is 4.21 Å². The number of hydrogen-bond acceptors (Lipinski definition) is 5. The largest absolute Gasteiger partial charge is 0.383 e. The predicted molar refractivity (Wildman–Crippen MR) is 80.0 cm³/mol. The van der Waals surface area contributed by atoms with Crippen LogP contribution in [0.5, 0.6) is 0 Å². The second-order valence-corrected chi connectivity index (χ2v) is 7.66. The van der Waals surface area contributed by atoms with E-state index in [1.165, 1.54) is 0 Å². The molecule has 2 rings (SSSR count).